The van der Waals surface area contributed by atoms with Crippen molar-refractivity contribution in [2.45, 2.75) is 39.4 Å². The molecule has 0 aliphatic carbocycles. The van der Waals surface area contributed by atoms with Crippen LogP contribution in [0.1, 0.15) is 29.3 Å². The first-order chi connectivity index (χ1) is 13.2. The maximum Gasteiger partial charge on any atom is 0.223 e. The first-order valence-corrected chi connectivity index (χ1v) is 9.10. The number of benzene rings is 1. The Bertz CT molecular complexity index is 905. The van der Waals surface area contributed by atoms with Crippen LogP contribution in [0.15, 0.2) is 34.9 Å². The van der Waals surface area contributed by atoms with Crippen LogP contribution < -0.4 is 10.6 Å². The minimum absolute atomic E-state index is 0.0250. The number of hydrogen-bond donors (Lipinski definition) is 2. The highest BCUT2D eigenvalue weighted by Crippen LogP contribution is 2.16. The van der Waals surface area contributed by atoms with E-state index in [0.717, 1.165) is 36.5 Å². The van der Waals surface area contributed by atoms with Crippen LogP contribution in [0.3, 0.4) is 0 Å². The number of carbonyl (C=O) groups is 1. The fourth-order valence-corrected chi connectivity index (χ4v) is 3.09. The molecule has 27 heavy (non-hydrogen) atoms. The highest BCUT2D eigenvalue weighted by atomic mass is 16.5. The molecule has 1 aromatic carbocycles. The number of aryl methyl sites for hydroxylation is 2. The van der Waals surface area contributed by atoms with Crippen LogP contribution in [0.25, 0.3) is 11.4 Å². The molecule has 8 heteroatoms. The lowest BCUT2D eigenvalue weighted by molar-refractivity contribution is -0.121. The van der Waals surface area contributed by atoms with Crippen LogP contribution in [0.2, 0.25) is 0 Å². The summed E-state index contributed by atoms with van der Waals surface area (Å²) >= 11 is 0. The second-order valence-corrected chi connectivity index (χ2v) is 6.64. The zero-order valence-corrected chi connectivity index (χ0v) is 15.2. The van der Waals surface area contributed by atoms with Gasteiger partial charge in [0.1, 0.15) is 0 Å². The van der Waals surface area contributed by atoms with Gasteiger partial charge in [-0.05, 0) is 11.6 Å². The van der Waals surface area contributed by atoms with Crippen LogP contribution >= 0.6 is 0 Å². The van der Waals surface area contributed by atoms with Crippen LogP contribution in [0.5, 0.6) is 0 Å². The minimum Gasteiger partial charge on any atom is -0.352 e. The van der Waals surface area contributed by atoms with Gasteiger partial charge in [-0.1, -0.05) is 29.4 Å². The number of aromatic nitrogens is 4. The van der Waals surface area contributed by atoms with Crippen LogP contribution in [0, 0.1) is 6.92 Å². The molecule has 0 atom stereocenters. The quantitative estimate of drug-likeness (QED) is 0.688. The van der Waals surface area contributed by atoms with Gasteiger partial charge < -0.3 is 15.2 Å². The molecule has 0 saturated carbocycles. The summed E-state index contributed by atoms with van der Waals surface area (Å²) in [5, 5.41) is 14.7. The Morgan fingerprint density at radius 2 is 2.19 bits per heavy atom. The van der Waals surface area contributed by atoms with Gasteiger partial charge in [-0.15, -0.1) is 0 Å². The molecule has 1 aliphatic rings. The third-order valence-electron chi connectivity index (χ3n) is 4.56. The fraction of sp³-hybridized carbons (Fsp3) is 0.368. The standard InChI is InChI=1S/C19H22N6O2/c1-13-22-19(24-27-13)15-4-2-14(3-5-15)11-21-18(26)7-6-16-10-17-12-20-8-9-25(17)23-16/h2-5,10,20H,6-9,11-12H2,1H3,(H,21,26). The lowest BCUT2D eigenvalue weighted by atomic mass is 10.1. The Morgan fingerprint density at radius 3 is 2.93 bits per heavy atom. The molecular weight excluding hydrogens is 344 g/mol. The van der Waals surface area contributed by atoms with Gasteiger partial charge in [-0.3, -0.25) is 9.48 Å². The Morgan fingerprint density at radius 1 is 1.33 bits per heavy atom. The fourth-order valence-electron chi connectivity index (χ4n) is 3.09. The molecule has 0 unspecified atom stereocenters. The molecule has 0 bridgehead atoms. The number of nitrogens with zero attached hydrogens (tertiary/aromatic N) is 4. The van der Waals surface area contributed by atoms with Crippen LogP contribution in [-0.4, -0.2) is 32.4 Å². The molecule has 4 rings (SSSR count). The van der Waals surface area contributed by atoms with Crippen molar-refractivity contribution in [2.75, 3.05) is 6.54 Å². The van der Waals surface area contributed by atoms with Gasteiger partial charge in [-0.2, -0.15) is 10.1 Å². The monoisotopic (exact) mass is 366 g/mol. The van der Waals surface area contributed by atoms with Crippen LogP contribution in [0.4, 0.5) is 0 Å². The van der Waals surface area contributed by atoms with E-state index in [4.69, 9.17) is 4.52 Å². The largest absolute Gasteiger partial charge is 0.352 e. The molecule has 0 spiro atoms. The number of fused-ring (bicyclic) bond motifs is 1. The number of hydrogen-bond acceptors (Lipinski definition) is 6. The molecule has 0 fully saturated rings. The van der Waals surface area contributed by atoms with Crippen molar-refractivity contribution in [3.63, 3.8) is 0 Å². The van der Waals surface area contributed by atoms with Gasteiger partial charge in [0.25, 0.3) is 0 Å². The maximum atomic E-state index is 12.1. The zero-order chi connectivity index (χ0) is 18.6. The van der Waals surface area contributed by atoms with E-state index < -0.39 is 0 Å². The highest BCUT2D eigenvalue weighted by molar-refractivity contribution is 5.76. The Labute approximate surface area is 157 Å². The highest BCUT2D eigenvalue weighted by Gasteiger charge is 2.12. The molecule has 0 saturated heterocycles. The summed E-state index contributed by atoms with van der Waals surface area (Å²) in [6.45, 7) is 4.93. The Hall–Kier alpha value is -3.00. The predicted octanol–water partition coefficient (Wildman–Crippen LogP) is 1.59. The van der Waals surface area contributed by atoms with E-state index >= 15 is 0 Å². The molecule has 0 radical (unpaired) electrons. The normalized spacial score (nSPS) is 13.4. The summed E-state index contributed by atoms with van der Waals surface area (Å²) in [6.07, 6.45) is 1.09. The van der Waals surface area contributed by atoms with Crippen molar-refractivity contribution >= 4 is 5.91 Å². The van der Waals surface area contributed by atoms with E-state index in [2.05, 4.69) is 31.9 Å². The SMILES string of the molecule is Cc1nc(-c2ccc(CNC(=O)CCc3cc4n(n3)CCNC4)cc2)no1. The molecule has 1 amide bonds. The van der Waals surface area contributed by atoms with Gasteiger partial charge in [-0.25, -0.2) is 0 Å². The lowest BCUT2D eigenvalue weighted by Crippen LogP contribution is -2.28. The van der Waals surface area contributed by atoms with Crippen molar-refractivity contribution in [3.8, 4) is 11.4 Å². The third-order valence-corrected chi connectivity index (χ3v) is 4.56. The predicted molar refractivity (Wildman–Crippen MR) is 98.6 cm³/mol. The van der Waals surface area contributed by atoms with Crippen molar-refractivity contribution in [3.05, 3.63) is 53.2 Å². The van der Waals surface area contributed by atoms with E-state index in [9.17, 15) is 4.79 Å². The van der Waals surface area contributed by atoms with Crippen molar-refractivity contribution in [2.24, 2.45) is 0 Å². The summed E-state index contributed by atoms with van der Waals surface area (Å²) in [7, 11) is 0. The average Bonchev–Trinajstić information content (AvgIpc) is 3.31. The van der Waals surface area contributed by atoms with E-state index in [1.54, 1.807) is 6.92 Å². The van der Waals surface area contributed by atoms with E-state index in [1.807, 2.05) is 28.9 Å². The molecule has 8 nitrogen and oxygen atoms in total. The summed E-state index contributed by atoms with van der Waals surface area (Å²) < 4.78 is 7.01. The lowest BCUT2D eigenvalue weighted by Gasteiger charge is -2.13. The van der Waals surface area contributed by atoms with E-state index in [-0.39, 0.29) is 5.91 Å². The van der Waals surface area contributed by atoms with Gasteiger partial charge in [0.05, 0.1) is 17.9 Å². The summed E-state index contributed by atoms with van der Waals surface area (Å²) in [5.74, 6) is 1.13. The van der Waals surface area contributed by atoms with Crippen molar-refractivity contribution in [1.82, 2.24) is 30.6 Å². The average molecular weight is 366 g/mol. The summed E-state index contributed by atoms with van der Waals surface area (Å²) in [4.78, 5) is 16.3. The minimum atomic E-state index is 0.0250. The number of amides is 1. The first-order valence-electron chi connectivity index (χ1n) is 9.10. The molecule has 2 aromatic heterocycles. The first kappa shape index (κ1) is 17.4. The van der Waals surface area contributed by atoms with Gasteiger partial charge in [0, 0.05) is 45.0 Å². The van der Waals surface area contributed by atoms with E-state index in [0.29, 0.717) is 31.1 Å². The second kappa shape index (κ2) is 7.71. The third kappa shape index (κ3) is 4.22. The number of carbonyl (C=O) groups excluding carboxylic acids is 1. The van der Waals surface area contributed by atoms with Crippen molar-refractivity contribution in [1.29, 1.82) is 0 Å². The second-order valence-electron chi connectivity index (χ2n) is 6.64. The van der Waals surface area contributed by atoms with Gasteiger partial charge in [0.15, 0.2) is 0 Å². The number of rotatable bonds is 6. The summed E-state index contributed by atoms with van der Waals surface area (Å²) in [6, 6.07) is 9.85. The number of nitrogens with one attached hydrogen (secondary N) is 2. The molecule has 3 heterocycles. The van der Waals surface area contributed by atoms with E-state index in [1.165, 1.54) is 5.69 Å². The molecule has 3 aromatic rings. The van der Waals surface area contributed by atoms with Crippen LogP contribution in [-0.2, 0) is 30.8 Å². The maximum absolute atomic E-state index is 12.1. The van der Waals surface area contributed by atoms with Gasteiger partial charge in [0.2, 0.25) is 17.6 Å². The zero-order valence-electron chi connectivity index (χ0n) is 15.2. The molecule has 1 aliphatic heterocycles. The topological polar surface area (TPSA) is 97.9 Å². The Balaban J connectivity index is 1.26. The molecule has 140 valence electrons. The smallest absolute Gasteiger partial charge is 0.223 e. The van der Waals surface area contributed by atoms with Crippen molar-refractivity contribution < 1.29 is 9.32 Å². The molecule has 2 N–H and O–H groups in total. The Kier molecular flexibility index (Phi) is 4.97. The molecular formula is C19H22N6O2. The summed E-state index contributed by atoms with van der Waals surface area (Å²) in [5.41, 5.74) is 4.08. The van der Waals surface area contributed by atoms with Gasteiger partial charge >= 0.3 is 0 Å².